The monoisotopic (exact) mass is 258 g/mol. The Balaban J connectivity index is 2.35. The van der Waals surface area contributed by atoms with E-state index in [0.717, 1.165) is 21.5 Å². The van der Waals surface area contributed by atoms with Gasteiger partial charge < -0.3 is 14.6 Å². The lowest BCUT2D eigenvalue weighted by atomic mass is 10.1. The lowest BCUT2D eigenvalue weighted by Crippen LogP contribution is -2.04. The first-order valence-corrected chi connectivity index (χ1v) is 5.23. The third-order valence-corrected chi connectivity index (χ3v) is 2.94. The van der Waals surface area contributed by atoms with Crippen molar-refractivity contribution in [1.29, 1.82) is 0 Å². The predicted octanol–water partition coefficient (Wildman–Crippen LogP) is 2.10. The van der Waals surface area contributed by atoms with Crippen LogP contribution in [0.2, 0.25) is 0 Å². The smallest absolute Gasteiger partial charge is 0.231 e. The predicted molar refractivity (Wildman–Crippen MR) is 55.6 cm³/mol. The highest BCUT2D eigenvalue weighted by Gasteiger charge is 2.19. The molecule has 76 valence electrons. The molecule has 1 aromatic rings. The van der Waals surface area contributed by atoms with E-state index in [4.69, 9.17) is 9.47 Å². The molecule has 0 fully saturated rings. The van der Waals surface area contributed by atoms with Crippen molar-refractivity contribution < 1.29 is 14.6 Å². The van der Waals surface area contributed by atoms with Crippen LogP contribution in [0.3, 0.4) is 0 Å². The molecular weight excluding hydrogens is 248 g/mol. The molecule has 3 nitrogen and oxygen atoms in total. The summed E-state index contributed by atoms with van der Waals surface area (Å²) < 4.78 is 11.4. The van der Waals surface area contributed by atoms with Crippen molar-refractivity contribution in [3.8, 4) is 11.5 Å². The second-order valence-corrected chi connectivity index (χ2v) is 4.12. The molecule has 1 atom stereocenters. The largest absolute Gasteiger partial charge is 0.454 e. The van der Waals surface area contributed by atoms with Gasteiger partial charge in [-0.25, -0.2) is 0 Å². The maximum atomic E-state index is 9.29. The summed E-state index contributed by atoms with van der Waals surface area (Å²) >= 11 is 3.44. The van der Waals surface area contributed by atoms with Crippen LogP contribution < -0.4 is 9.47 Å². The van der Waals surface area contributed by atoms with Gasteiger partial charge in [-0.15, -0.1) is 0 Å². The van der Waals surface area contributed by atoms with E-state index in [1.165, 1.54) is 0 Å². The summed E-state index contributed by atoms with van der Waals surface area (Å²) in [5.74, 6) is 1.49. The number of aliphatic hydroxyl groups excluding tert-OH is 1. The van der Waals surface area contributed by atoms with Gasteiger partial charge in [-0.2, -0.15) is 0 Å². The normalized spacial score (nSPS) is 15.6. The van der Waals surface area contributed by atoms with Crippen LogP contribution in [0.15, 0.2) is 16.6 Å². The molecule has 0 aliphatic carbocycles. The third-order valence-electron chi connectivity index (χ3n) is 2.07. The molecule has 0 aromatic heterocycles. The standard InChI is InChI=1S/C10H11BrO3/c1-6(12)4-7-2-3-8-10(9(7)11)14-5-13-8/h2-3,6,12H,4-5H2,1H3. The number of aliphatic hydroxyl groups is 1. The average molecular weight is 259 g/mol. The van der Waals surface area contributed by atoms with Crippen LogP contribution in [0.4, 0.5) is 0 Å². The average Bonchev–Trinajstić information content (AvgIpc) is 2.57. The molecule has 0 spiro atoms. The van der Waals surface area contributed by atoms with Crippen molar-refractivity contribution in [2.75, 3.05) is 6.79 Å². The third kappa shape index (κ3) is 1.72. The van der Waals surface area contributed by atoms with Crippen molar-refractivity contribution in [1.82, 2.24) is 0 Å². The fraction of sp³-hybridized carbons (Fsp3) is 0.400. The van der Waals surface area contributed by atoms with Gasteiger partial charge in [0.2, 0.25) is 6.79 Å². The summed E-state index contributed by atoms with van der Waals surface area (Å²) in [5.41, 5.74) is 1.03. The second kappa shape index (κ2) is 3.79. The van der Waals surface area contributed by atoms with E-state index in [1.807, 2.05) is 12.1 Å². The van der Waals surface area contributed by atoms with E-state index in [0.29, 0.717) is 6.42 Å². The van der Waals surface area contributed by atoms with Crippen molar-refractivity contribution in [2.24, 2.45) is 0 Å². The Labute approximate surface area is 90.8 Å². The van der Waals surface area contributed by atoms with Gasteiger partial charge in [0.1, 0.15) is 0 Å². The van der Waals surface area contributed by atoms with Crippen LogP contribution in [-0.4, -0.2) is 18.0 Å². The van der Waals surface area contributed by atoms with Gasteiger partial charge >= 0.3 is 0 Å². The quantitative estimate of drug-likeness (QED) is 0.883. The van der Waals surface area contributed by atoms with E-state index in [1.54, 1.807) is 6.92 Å². The summed E-state index contributed by atoms with van der Waals surface area (Å²) in [6.07, 6.45) is 0.253. The zero-order chi connectivity index (χ0) is 10.1. The lowest BCUT2D eigenvalue weighted by molar-refractivity contribution is 0.173. The zero-order valence-corrected chi connectivity index (χ0v) is 9.37. The van der Waals surface area contributed by atoms with Gasteiger partial charge in [0.05, 0.1) is 10.6 Å². The Kier molecular flexibility index (Phi) is 2.65. The van der Waals surface area contributed by atoms with Crippen molar-refractivity contribution in [3.63, 3.8) is 0 Å². The molecule has 4 heteroatoms. The maximum Gasteiger partial charge on any atom is 0.231 e. The summed E-state index contributed by atoms with van der Waals surface area (Å²) in [4.78, 5) is 0. The first-order valence-electron chi connectivity index (χ1n) is 4.43. The Morgan fingerprint density at radius 1 is 1.50 bits per heavy atom. The maximum absolute atomic E-state index is 9.29. The van der Waals surface area contributed by atoms with E-state index in [2.05, 4.69) is 15.9 Å². The highest BCUT2D eigenvalue weighted by Crippen LogP contribution is 2.41. The molecule has 0 saturated carbocycles. The van der Waals surface area contributed by atoms with E-state index >= 15 is 0 Å². The Morgan fingerprint density at radius 3 is 3.00 bits per heavy atom. The van der Waals surface area contributed by atoms with Crippen LogP contribution >= 0.6 is 15.9 Å². The molecule has 1 aliphatic heterocycles. The van der Waals surface area contributed by atoms with Crippen LogP contribution in [0, 0.1) is 0 Å². The summed E-state index contributed by atoms with van der Waals surface area (Å²) in [6, 6.07) is 3.80. The highest BCUT2D eigenvalue weighted by atomic mass is 79.9. The summed E-state index contributed by atoms with van der Waals surface area (Å²) in [6.45, 7) is 2.03. The highest BCUT2D eigenvalue weighted by molar-refractivity contribution is 9.10. The summed E-state index contributed by atoms with van der Waals surface area (Å²) in [5, 5.41) is 9.29. The van der Waals surface area contributed by atoms with E-state index < -0.39 is 0 Å². The Bertz CT molecular complexity index is 349. The Hall–Kier alpha value is -0.740. The lowest BCUT2D eigenvalue weighted by Gasteiger charge is -2.08. The minimum Gasteiger partial charge on any atom is -0.454 e. The van der Waals surface area contributed by atoms with Crippen LogP contribution in [0.5, 0.6) is 11.5 Å². The topological polar surface area (TPSA) is 38.7 Å². The van der Waals surface area contributed by atoms with Crippen molar-refractivity contribution in [3.05, 3.63) is 22.2 Å². The van der Waals surface area contributed by atoms with Crippen LogP contribution in [-0.2, 0) is 6.42 Å². The summed E-state index contributed by atoms with van der Waals surface area (Å²) in [7, 11) is 0. The molecular formula is C10H11BrO3. The molecule has 1 heterocycles. The molecule has 1 N–H and O–H groups in total. The number of halogens is 1. The number of rotatable bonds is 2. The fourth-order valence-electron chi connectivity index (χ4n) is 1.46. The van der Waals surface area contributed by atoms with Crippen LogP contribution in [0.25, 0.3) is 0 Å². The molecule has 1 aliphatic rings. The van der Waals surface area contributed by atoms with Gasteiger partial charge in [-0.1, -0.05) is 6.07 Å². The van der Waals surface area contributed by atoms with Gasteiger partial charge in [0, 0.05) is 0 Å². The molecule has 1 aromatic carbocycles. The molecule has 14 heavy (non-hydrogen) atoms. The Morgan fingerprint density at radius 2 is 2.29 bits per heavy atom. The molecule has 0 amide bonds. The zero-order valence-electron chi connectivity index (χ0n) is 7.79. The molecule has 1 unspecified atom stereocenters. The van der Waals surface area contributed by atoms with Gasteiger partial charge in [0.25, 0.3) is 0 Å². The fourth-order valence-corrected chi connectivity index (χ4v) is 2.06. The SMILES string of the molecule is CC(O)Cc1ccc2c(c1Br)OCO2. The first-order chi connectivity index (χ1) is 6.68. The number of hydrogen-bond acceptors (Lipinski definition) is 3. The second-order valence-electron chi connectivity index (χ2n) is 3.33. The minimum atomic E-state index is -0.355. The van der Waals surface area contributed by atoms with E-state index in [-0.39, 0.29) is 12.9 Å². The number of hydrogen-bond donors (Lipinski definition) is 1. The van der Waals surface area contributed by atoms with Gasteiger partial charge in [-0.05, 0) is 40.9 Å². The molecule has 0 bridgehead atoms. The molecule has 2 rings (SSSR count). The van der Waals surface area contributed by atoms with Crippen LogP contribution in [0.1, 0.15) is 12.5 Å². The number of fused-ring (bicyclic) bond motifs is 1. The number of benzene rings is 1. The minimum absolute atomic E-state index is 0.270. The van der Waals surface area contributed by atoms with Crippen molar-refractivity contribution in [2.45, 2.75) is 19.4 Å². The number of ether oxygens (including phenoxy) is 2. The van der Waals surface area contributed by atoms with E-state index in [9.17, 15) is 5.11 Å². The van der Waals surface area contributed by atoms with Gasteiger partial charge in [-0.3, -0.25) is 0 Å². The van der Waals surface area contributed by atoms with Gasteiger partial charge in [0.15, 0.2) is 11.5 Å². The molecule has 0 radical (unpaired) electrons. The van der Waals surface area contributed by atoms with Crippen molar-refractivity contribution >= 4 is 15.9 Å². The molecule has 0 saturated heterocycles. The first kappa shape index (κ1) is 9.80.